The number of esters is 1. The van der Waals surface area contributed by atoms with Crippen LogP contribution in [-0.2, 0) is 4.74 Å². The second-order valence-electron chi connectivity index (χ2n) is 5.59. The number of aromatic hydroxyl groups is 1. The second kappa shape index (κ2) is 6.64. The number of pyridine rings is 2. The Morgan fingerprint density at radius 3 is 2.73 bits per heavy atom. The fourth-order valence-corrected chi connectivity index (χ4v) is 2.67. The van der Waals surface area contributed by atoms with E-state index in [4.69, 9.17) is 11.6 Å². The molecule has 0 fully saturated rings. The summed E-state index contributed by atoms with van der Waals surface area (Å²) in [6, 6.07) is 4.56. The second-order valence-corrected chi connectivity index (χ2v) is 5.97. The largest absolute Gasteiger partial charge is 0.506 e. The van der Waals surface area contributed by atoms with Gasteiger partial charge in [0.1, 0.15) is 10.8 Å². The summed E-state index contributed by atoms with van der Waals surface area (Å²) >= 11 is 5.90. The zero-order chi connectivity index (χ0) is 19.0. The van der Waals surface area contributed by atoms with Crippen molar-refractivity contribution in [2.24, 2.45) is 0 Å². The van der Waals surface area contributed by atoms with E-state index in [1.54, 1.807) is 32.3 Å². The van der Waals surface area contributed by atoms with Crippen molar-refractivity contribution in [2.75, 3.05) is 7.11 Å². The summed E-state index contributed by atoms with van der Waals surface area (Å²) in [5, 5.41) is 13.6. The summed E-state index contributed by atoms with van der Waals surface area (Å²) in [5.74, 6) is -0.433. The molecular weight excluding hydrogens is 360 g/mol. The number of hydrogen-bond acceptors (Lipinski definition) is 6. The first-order valence-electron chi connectivity index (χ1n) is 7.56. The molecule has 1 N–H and O–H groups in total. The lowest BCUT2D eigenvalue weighted by atomic mass is 10.2. The van der Waals surface area contributed by atoms with Gasteiger partial charge in [0.2, 0.25) is 0 Å². The lowest BCUT2D eigenvalue weighted by molar-refractivity contribution is 0.0593. The molecule has 8 nitrogen and oxygen atoms in total. The van der Waals surface area contributed by atoms with Gasteiger partial charge in [0, 0.05) is 30.2 Å². The Morgan fingerprint density at radius 2 is 2.04 bits per heavy atom. The van der Waals surface area contributed by atoms with Crippen molar-refractivity contribution in [2.45, 2.75) is 13.8 Å². The molecule has 0 radical (unpaired) electrons. The summed E-state index contributed by atoms with van der Waals surface area (Å²) in [5.41, 5.74) is 1.36. The molecule has 0 saturated heterocycles. The molecule has 3 heterocycles. The standard InChI is InChI=1S/C17H15ClN4O4/c1-9-8-19-14(21-5-4-11(20-21)17(25)26-3)7-12(9)22-10(2)6-13(23)15(18)16(22)24/h4-8,23H,1-3H3. The first kappa shape index (κ1) is 17.7. The normalized spacial score (nSPS) is 10.8. The summed E-state index contributed by atoms with van der Waals surface area (Å²) in [4.78, 5) is 28.4. The fraction of sp³-hybridized carbons (Fsp3) is 0.176. The lowest BCUT2D eigenvalue weighted by Gasteiger charge is -2.14. The van der Waals surface area contributed by atoms with Gasteiger partial charge in [-0.2, -0.15) is 5.10 Å². The van der Waals surface area contributed by atoms with Crippen LogP contribution in [-0.4, -0.2) is 37.5 Å². The van der Waals surface area contributed by atoms with Crippen LogP contribution in [0.4, 0.5) is 0 Å². The van der Waals surface area contributed by atoms with Gasteiger partial charge >= 0.3 is 5.97 Å². The van der Waals surface area contributed by atoms with Crippen molar-refractivity contribution in [1.82, 2.24) is 19.3 Å². The SMILES string of the molecule is COC(=O)c1ccn(-c2cc(-n3c(C)cc(O)c(Cl)c3=O)c(C)cn2)n1. The zero-order valence-electron chi connectivity index (χ0n) is 14.2. The van der Waals surface area contributed by atoms with Crippen LogP contribution in [0.25, 0.3) is 11.5 Å². The van der Waals surface area contributed by atoms with Crippen molar-refractivity contribution in [3.63, 3.8) is 0 Å². The Hall–Kier alpha value is -3.13. The number of methoxy groups -OCH3 is 1. The van der Waals surface area contributed by atoms with Crippen molar-refractivity contribution in [3.05, 3.63) is 62.9 Å². The Kier molecular flexibility index (Phi) is 4.52. The summed E-state index contributed by atoms with van der Waals surface area (Å²) in [6.07, 6.45) is 3.14. The summed E-state index contributed by atoms with van der Waals surface area (Å²) in [6.45, 7) is 3.47. The molecule has 3 aromatic rings. The molecular formula is C17H15ClN4O4. The van der Waals surface area contributed by atoms with E-state index in [1.165, 1.54) is 28.5 Å². The van der Waals surface area contributed by atoms with Gasteiger partial charge in [-0.3, -0.25) is 9.36 Å². The molecule has 3 aromatic heterocycles. The summed E-state index contributed by atoms with van der Waals surface area (Å²) < 4.78 is 7.42. The van der Waals surface area contributed by atoms with Gasteiger partial charge in [0.25, 0.3) is 5.56 Å². The average molecular weight is 375 g/mol. The van der Waals surface area contributed by atoms with Gasteiger partial charge in [0.15, 0.2) is 11.5 Å². The van der Waals surface area contributed by atoms with Crippen LogP contribution < -0.4 is 5.56 Å². The maximum absolute atomic E-state index is 12.5. The highest BCUT2D eigenvalue weighted by molar-refractivity contribution is 6.31. The molecule has 0 aliphatic carbocycles. The smallest absolute Gasteiger partial charge is 0.358 e. The molecule has 0 bridgehead atoms. The molecule has 3 rings (SSSR count). The van der Waals surface area contributed by atoms with Crippen LogP contribution in [0.5, 0.6) is 5.75 Å². The van der Waals surface area contributed by atoms with E-state index < -0.39 is 11.5 Å². The number of halogens is 1. The number of carbonyl (C=O) groups excluding carboxylic acids is 1. The van der Waals surface area contributed by atoms with E-state index >= 15 is 0 Å². The predicted molar refractivity (Wildman–Crippen MR) is 94.4 cm³/mol. The van der Waals surface area contributed by atoms with Crippen LogP contribution in [0.2, 0.25) is 5.02 Å². The predicted octanol–water partition coefficient (Wildman–Crippen LogP) is 2.18. The van der Waals surface area contributed by atoms with Crippen LogP contribution in [0, 0.1) is 13.8 Å². The Morgan fingerprint density at radius 1 is 1.31 bits per heavy atom. The third kappa shape index (κ3) is 2.95. The van der Waals surface area contributed by atoms with Crippen LogP contribution >= 0.6 is 11.6 Å². The van der Waals surface area contributed by atoms with Crippen LogP contribution in [0.1, 0.15) is 21.7 Å². The molecule has 0 amide bonds. The van der Waals surface area contributed by atoms with Gasteiger partial charge in [-0.25, -0.2) is 14.5 Å². The molecule has 134 valence electrons. The zero-order valence-corrected chi connectivity index (χ0v) is 15.0. The Labute approximate surface area is 153 Å². The maximum Gasteiger partial charge on any atom is 0.358 e. The van der Waals surface area contributed by atoms with Crippen molar-refractivity contribution in [3.8, 4) is 17.3 Å². The van der Waals surface area contributed by atoms with E-state index in [0.29, 0.717) is 17.2 Å². The van der Waals surface area contributed by atoms with Gasteiger partial charge in [-0.1, -0.05) is 11.6 Å². The van der Waals surface area contributed by atoms with Gasteiger partial charge < -0.3 is 9.84 Å². The van der Waals surface area contributed by atoms with Crippen molar-refractivity contribution >= 4 is 17.6 Å². The van der Waals surface area contributed by atoms with Gasteiger partial charge in [-0.15, -0.1) is 0 Å². The summed E-state index contributed by atoms with van der Waals surface area (Å²) in [7, 11) is 1.27. The van der Waals surface area contributed by atoms with Crippen LogP contribution in [0.15, 0.2) is 35.4 Å². The highest BCUT2D eigenvalue weighted by Gasteiger charge is 2.16. The van der Waals surface area contributed by atoms with Crippen LogP contribution in [0.3, 0.4) is 0 Å². The number of nitrogens with zero attached hydrogens (tertiary/aromatic N) is 4. The molecule has 0 saturated carbocycles. The van der Waals surface area contributed by atoms with E-state index in [1.807, 2.05) is 0 Å². The quantitative estimate of drug-likeness (QED) is 0.705. The van der Waals surface area contributed by atoms with Crippen molar-refractivity contribution < 1.29 is 14.6 Å². The van der Waals surface area contributed by atoms with E-state index in [9.17, 15) is 14.7 Å². The van der Waals surface area contributed by atoms with E-state index in [2.05, 4.69) is 14.8 Å². The minimum Gasteiger partial charge on any atom is -0.506 e. The number of ether oxygens (including phenoxy) is 1. The Bertz CT molecular complexity index is 1070. The van der Waals surface area contributed by atoms with E-state index in [0.717, 1.165) is 5.56 Å². The highest BCUT2D eigenvalue weighted by atomic mass is 35.5. The lowest BCUT2D eigenvalue weighted by Crippen LogP contribution is -2.22. The minimum absolute atomic E-state index is 0.137. The maximum atomic E-state index is 12.5. The number of hydrogen-bond donors (Lipinski definition) is 1. The number of rotatable bonds is 3. The average Bonchev–Trinajstić information content (AvgIpc) is 3.10. The number of aromatic nitrogens is 4. The molecule has 9 heteroatoms. The Balaban J connectivity index is 2.16. The molecule has 0 aliphatic rings. The molecule has 0 spiro atoms. The fourth-order valence-electron chi connectivity index (χ4n) is 2.53. The third-order valence-corrected chi connectivity index (χ3v) is 4.19. The number of aryl methyl sites for hydroxylation is 2. The monoisotopic (exact) mass is 374 g/mol. The number of carbonyl (C=O) groups is 1. The van der Waals surface area contributed by atoms with E-state index in [-0.39, 0.29) is 16.5 Å². The van der Waals surface area contributed by atoms with Gasteiger partial charge in [0.05, 0.1) is 12.8 Å². The van der Waals surface area contributed by atoms with Gasteiger partial charge in [-0.05, 0) is 25.5 Å². The molecule has 0 aliphatic heterocycles. The topological polar surface area (TPSA) is 99.2 Å². The molecule has 26 heavy (non-hydrogen) atoms. The highest BCUT2D eigenvalue weighted by Crippen LogP contribution is 2.23. The first-order valence-corrected chi connectivity index (χ1v) is 7.93. The molecule has 0 atom stereocenters. The first-order chi connectivity index (χ1) is 12.3. The molecule has 0 unspecified atom stereocenters. The van der Waals surface area contributed by atoms with Crippen molar-refractivity contribution in [1.29, 1.82) is 0 Å². The molecule has 0 aromatic carbocycles. The minimum atomic E-state index is -0.562. The third-order valence-electron chi connectivity index (χ3n) is 3.83.